The van der Waals surface area contributed by atoms with Gasteiger partial charge in [-0.25, -0.2) is 0 Å². The molecule has 2 N–H and O–H groups in total. The number of nitrogens with one attached hydrogen (secondary N) is 1. The normalized spacial score (nSPS) is 12.5. The minimum Gasteiger partial charge on any atom is -0.481 e. The second kappa shape index (κ2) is 7.18. The third kappa shape index (κ3) is 4.03. The van der Waals surface area contributed by atoms with Gasteiger partial charge in [-0.15, -0.1) is 0 Å². The molecule has 0 bridgehead atoms. The number of aliphatic carboxylic acids is 1. The average molecular weight is 390 g/mol. The highest BCUT2D eigenvalue weighted by Crippen LogP contribution is 2.25. The summed E-state index contributed by atoms with van der Waals surface area (Å²) in [5, 5.41) is 12.1. The molecule has 4 nitrogen and oxygen atoms in total. The van der Waals surface area contributed by atoms with Crippen molar-refractivity contribution in [3.63, 3.8) is 0 Å². The molecule has 0 fully saturated rings. The molecule has 0 saturated carbocycles. The van der Waals surface area contributed by atoms with E-state index in [2.05, 4.69) is 21.2 Å². The maximum absolute atomic E-state index is 12.4. The molecule has 0 aliphatic rings. The SMILES string of the molecule is CC(C(=O)Nc1ccc(C(C)(C)C(=O)O)cc1)c1ccc(Br)cc1. The molecule has 0 aliphatic carbocycles. The molecule has 0 saturated heterocycles. The Bertz CT molecular complexity index is 736. The molecule has 1 amide bonds. The molecular formula is C19H20BrNO3. The molecule has 0 radical (unpaired) electrons. The zero-order chi connectivity index (χ0) is 17.9. The second-order valence-corrected chi connectivity index (χ2v) is 7.19. The molecule has 0 heterocycles. The second-order valence-electron chi connectivity index (χ2n) is 6.27. The van der Waals surface area contributed by atoms with Crippen LogP contribution in [0.4, 0.5) is 5.69 Å². The Morgan fingerprint density at radius 3 is 2.08 bits per heavy atom. The van der Waals surface area contributed by atoms with Crippen molar-refractivity contribution in [2.75, 3.05) is 5.32 Å². The van der Waals surface area contributed by atoms with Crippen molar-refractivity contribution in [1.29, 1.82) is 0 Å². The molecule has 2 aromatic carbocycles. The minimum absolute atomic E-state index is 0.109. The van der Waals surface area contributed by atoms with Crippen LogP contribution in [0.3, 0.4) is 0 Å². The van der Waals surface area contributed by atoms with Gasteiger partial charge in [-0.1, -0.05) is 40.2 Å². The van der Waals surface area contributed by atoms with Crippen molar-refractivity contribution >= 4 is 33.5 Å². The van der Waals surface area contributed by atoms with Crippen molar-refractivity contribution in [1.82, 2.24) is 0 Å². The van der Waals surface area contributed by atoms with Crippen LogP contribution >= 0.6 is 15.9 Å². The Morgan fingerprint density at radius 1 is 1.04 bits per heavy atom. The van der Waals surface area contributed by atoms with Crippen LogP contribution in [-0.4, -0.2) is 17.0 Å². The third-order valence-electron chi connectivity index (χ3n) is 4.17. The first-order valence-corrected chi connectivity index (χ1v) is 8.41. The van der Waals surface area contributed by atoms with Crippen molar-refractivity contribution in [3.8, 4) is 0 Å². The fourth-order valence-electron chi connectivity index (χ4n) is 2.25. The Kier molecular flexibility index (Phi) is 5.44. The van der Waals surface area contributed by atoms with Gasteiger partial charge in [0, 0.05) is 10.2 Å². The number of halogens is 1. The topological polar surface area (TPSA) is 66.4 Å². The van der Waals surface area contributed by atoms with Crippen LogP contribution in [0.5, 0.6) is 0 Å². The molecule has 126 valence electrons. The molecule has 5 heteroatoms. The fraction of sp³-hybridized carbons (Fsp3) is 0.263. The minimum atomic E-state index is -0.965. The molecule has 2 aromatic rings. The predicted octanol–water partition coefficient (Wildman–Crippen LogP) is 4.55. The summed E-state index contributed by atoms with van der Waals surface area (Å²) in [7, 11) is 0. The first kappa shape index (κ1) is 18.2. The molecule has 0 aliphatic heterocycles. The molecule has 0 spiro atoms. The number of hydrogen-bond donors (Lipinski definition) is 2. The Labute approximate surface area is 150 Å². The van der Waals surface area contributed by atoms with E-state index in [0.29, 0.717) is 11.3 Å². The van der Waals surface area contributed by atoms with Gasteiger partial charge in [0.1, 0.15) is 0 Å². The van der Waals surface area contributed by atoms with E-state index in [1.807, 2.05) is 31.2 Å². The number of benzene rings is 2. The third-order valence-corrected chi connectivity index (χ3v) is 4.70. The number of hydrogen-bond acceptors (Lipinski definition) is 2. The molecule has 1 unspecified atom stereocenters. The zero-order valence-corrected chi connectivity index (χ0v) is 15.4. The van der Waals surface area contributed by atoms with E-state index in [9.17, 15) is 14.7 Å². The summed E-state index contributed by atoms with van der Waals surface area (Å²) in [6.45, 7) is 5.15. The highest BCUT2D eigenvalue weighted by atomic mass is 79.9. The lowest BCUT2D eigenvalue weighted by Crippen LogP contribution is -2.28. The van der Waals surface area contributed by atoms with Gasteiger partial charge in [0.05, 0.1) is 11.3 Å². The Hall–Kier alpha value is -2.14. The van der Waals surface area contributed by atoms with Crippen LogP contribution in [0, 0.1) is 0 Å². The smallest absolute Gasteiger partial charge is 0.313 e. The number of rotatable bonds is 5. The van der Waals surface area contributed by atoms with Gasteiger partial charge in [0.15, 0.2) is 0 Å². The van der Waals surface area contributed by atoms with E-state index < -0.39 is 11.4 Å². The van der Waals surface area contributed by atoms with E-state index >= 15 is 0 Å². The number of anilines is 1. The average Bonchev–Trinajstić information content (AvgIpc) is 2.55. The highest BCUT2D eigenvalue weighted by molar-refractivity contribution is 9.10. The number of carboxylic acids is 1. The van der Waals surface area contributed by atoms with E-state index in [1.54, 1.807) is 38.1 Å². The Morgan fingerprint density at radius 2 is 1.58 bits per heavy atom. The highest BCUT2D eigenvalue weighted by Gasteiger charge is 2.29. The number of carboxylic acid groups (broad SMARTS) is 1. The van der Waals surface area contributed by atoms with Gasteiger partial charge in [-0.2, -0.15) is 0 Å². The van der Waals surface area contributed by atoms with Gasteiger partial charge in [-0.3, -0.25) is 9.59 Å². The predicted molar refractivity (Wildman–Crippen MR) is 98.3 cm³/mol. The largest absolute Gasteiger partial charge is 0.481 e. The van der Waals surface area contributed by atoms with Gasteiger partial charge in [0.25, 0.3) is 0 Å². The standard InChI is InChI=1S/C19H20BrNO3/c1-12(13-4-8-15(20)9-5-13)17(22)21-16-10-6-14(7-11-16)19(2,3)18(23)24/h4-12H,1-3H3,(H,21,22)(H,23,24). The molecule has 2 rings (SSSR count). The lowest BCUT2D eigenvalue weighted by Gasteiger charge is -2.20. The Balaban J connectivity index is 2.09. The van der Waals surface area contributed by atoms with Crippen LogP contribution in [0.1, 0.15) is 37.8 Å². The van der Waals surface area contributed by atoms with Crippen LogP contribution < -0.4 is 5.32 Å². The first-order valence-electron chi connectivity index (χ1n) is 7.62. The fourth-order valence-corrected chi connectivity index (χ4v) is 2.51. The summed E-state index contributed by atoms with van der Waals surface area (Å²) in [5.41, 5.74) is 1.30. The van der Waals surface area contributed by atoms with E-state index in [0.717, 1.165) is 10.0 Å². The lowest BCUT2D eigenvalue weighted by atomic mass is 9.85. The summed E-state index contributed by atoms with van der Waals surface area (Å²) >= 11 is 3.38. The summed E-state index contributed by atoms with van der Waals surface area (Å²) in [4.78, 5) is 23.7. The van der Waals surface area contributed by atoms with Crippen LogP contribution in [-0.2, 0) is 15.0 Å². The molecular weight excluding hydrogens is 370 g/mol. The quantitative estimate of drug-likeness (QED) is 0.787. The number of carbonyl (C=O) groups excluding carboxylic acids is 1. The zero-order valence-electron chi connectivity index (χ0n) is 13.8. The summed E-state index contributed by atoms with van der Waals surface area (Å²) in [6.07, 6.45) is 0. The van der Waals surface area contributed by atoms with E-state index in [1.165, 1.54) is 0 Å². The van der Waals surface area contributed by atoms with Crippen LogP contribution in [0.25, 0.3) is 0 Å². The van der Waals surface area contributed by atoms with Gasteiger partial charge in [-0.05, 0) is 56.2 Å². The summed E-state index contributed by atoms with van der Waals surface area (Å²) in [6, 6.07) is 14.5. The van der Waals surface area contributed by atoms with Gasteiger partial charge < -0.3 is 10.4 Å². The maximum Gasteiger partial charge on any atom is 0.313 e. The number of carbonyl (C=O) groups is 2. The molecule has 24 heavy (non-hydrogen) atoms. The van der Waals surface area contributed by atoms with Crippen molar-refractivity contribution in [3.05, 3.63) is 64.1 Å². The van der Waals surface area contributed by atoms with Crippen molar-refractivity contribution < 1.29 is 14.7 Å². The first-order chi connectivity index (χ1) is 11.2. The lowest BCUT2D eigenvalue weighted by molar-refractivity contribution is -0.142. The van der Waals surface area contributed by atoms with Crippen LogP contribution in [0.2, 0.25) is 0 Å². The molecule has 1 atom stereocenters. The van der Waals surface area contributed by atoms with Crippen molar-refractivity contribution in [2.45, 2.75) is 32.1 Å². The molecule has 0 aromatic heterocycles. The van der Waals surface area contributed by atoms with Crippen molar-refractivity contribution in [2.24, 2.45) is 0 Å². The van der Waals surface area contributed by atoms with E-state index in [4.69, 9.17) is 0 Å². The van der Waals surface area contributed by atoms with E-state index in [-0.39, 0.29) is 11.8 Å². The van der Waals surface area contributed by atoms with Gasteiger partial charge in [0.2, 0.25) is 5.91 Å². The van der Waals surface area contributed by atoms with Gasteiger partial charge >= 0.3 is 5.97 Å². The maximum atomic E-state index is 12.4. The summed E-state index contributed by atoms with van der Waals surface area (Å²) in [5.74, 6) is -1.28. The number of amides is 1. The summed E-state index contributed by atoms with van der Waals surface area (Å²) < 4.78 is 0.968. The monoisotopic (exact) mass is 389 g/mol. The van der Waals surface area contributed by atoms with Crippen LogP contribution in [0.15, 0.2) is 53.0 Å².